The van der Waals surface area contributed by atoms with Gasteiger partial charge in [-0.1, -0.05) is 15.9 Å². The van der Waals surface area contributed by atoms with Crippen molar-refractivity contribution in [2.45, 2.75) is 19.9 Å². The van der Waals surface area contributed by atoms with Gasteiger partial charge in [0.25, 0.3) is 5.91 Å². The van der Waals surface area contributed by atoms with Gasteiger partial charge < -0.3 is 10.4 Å². The van der Waals surface area contributed by atoms with Crippen LogP contribution in [0.1, 0.15) is 30.2 Å². The molecule has 5 nitrogen and oxygen atoms in total. The van der Waals surface area contributed by atoms with Crippen LogP contribution in [0.3, 0.4) is 0 Å². The fraction of sp³-hybridized carbons (Fsp3) is 0.231. The lowest BCUT2D eigenvalue weighted by Gasteiger charge is -2.06. The number of hydrogen-bond donors (Lipinski definition) is 2. The minimum atomic E-state index is -0.301. The highest BCUT2D eigenvalue weighted by Gasteiger charge is 2.12. The van der Waals surface area contributed by atoms with E-state index in [0.717, 1.165) is 4.47 Å². The maximum absolute atomic E-state index is 12.0. The smallest absolute Gasteiger partial charge is 0.258 e. The Morgan fingerprint density at radius 3 is 2.79 bits per heavy atom. The van der Waals surface area contributed by atoms with Crippen molar-refractivity contribution in [1.82, 2.24) is 9.78 Å². The van der Waals surface area contributed by atoms with Gasteiger partial charge in [-0.05, 0) is 32.0 Å². The summed E-state index contributed by atoms with van der Waals surface area (Å²) in [6, 6.07) is 5.09. The number of aromatic hydroxyl groups is 1. The van der Waals surface area contributed by atoms with Crippen LogP contribution < -0.4 is 5.32 Å². The normalized spacial score (nSPS) is 10.7. The molecule has 0 fully saturated rings. The lowest BCUT2D eigenvalue weighted by Crippen LogP contribution is -2.11. The third-order valence-electron chi connectivity index (χ3n) is 2.60. The highest BCUT2D eigenvalue weighted by Crippen LogP contribution is 2.27. The summed E-state index contributed by atoms with van der Waals surface area (Å²) >= 11 is 3.24. The summed E-state index contributed by atoms with van der Waals surface area (Å²) < 4.78 is 2.45. The Bertz CT molecular complexity index is 608. The van der Waals surface area contributed by atoms with Crippen molar-refractivity contribution in [2.24, 2.45) is 0 Å². The van der Waals surface area contributed by atoms with Crippen LogP contribution in [0.4, 0.5) is 5.69 Å². The van der Waals surface area contributed by atoms with Crippen molar-refractivity contribution in [1.29, 1.82) is 0 Å². The number of amides is 1. The Hall–Kier alpha value is -1.82. The van der Waals surface area contributed by atoms with Crippen LogP contribution in [-0.2, 0) is 0 Å². The zero-order valence-electron chi connectivity index (χ0n) is 10.6. The van der Waals surface area contributed by atoms with Gasteiger partial charge in [-0.2, -0.15) is 5.10 Å². The van der Waals surface area contributed by atoms with E-state index >= 15 is 0 Å². The number of nitrogens with zero attached hydrogens (tertiary/aromatic N) is 2. The number of carbonyl (C=O) groups excluding carboxylic acids is 1. The van der Waals surface area contributed by atoms with E-state index in [1.54, 1.807) is 23.0 Å². The average Bonchev–Trinajstić information content (AvgIpc) is 2.82. The van der Waals surface area contributed by atoms with Crippen LogP contribution in [0.2, 0.25) is 0 Å². The van der Waals surface area contributed by atoms with Gasteiger partial charge in [-0.3, -0.25) is 9.48 Å². The number of benzene rings is 1. The van der Waals surface area contributed by atoms with E-state index in [2.05, 4.69) is 26.3 Å². The third-order valence-corrected chi connectivity index (χ3v) is 3.09. The molecule has 0 atom stereocenters. The van der Waals surface area contributed by atoms with Crippen molar-refractivity contribution >= 4 is 27.5 Å². The average molecular weight is 324 g/mol. The summed E-state index contributed by atoms with van der Waals surface area (Å²) in [5.41, 5.74) is 0.821. The molecule has 0 saturated carbocycles. The Labute approximate surface area is 119 Å². The molecular weight excluding hydrogens is 310 g/mol. The molecular formula is C13H14BrN3O2. The van der Waals surface area contributed by atoms with E-state index in [0.29, 0.717) is 11.3 Å². The fourth-order valence-electron chi connectivity index (χ4n) is 1.54. The van der Waals surface area contributed by atoms with Crippen molar-refractivity contribution in [3.8, 4) is 5.75 Å². The number of hydrogen-bond acceptors (Lipinski definition) is 3. The summed E-state index contributed by atoms with van der Waals surface area (Å²) in [4.78, 5) is 12.0. The largest absolute Gasteiger partial charge is 0.506 e. The monoisotopic (exact) mass is 323 g/mol. The molecule has 1 heterocycles. The molecule has 0 unspecified atom stereocenters. The summed E-state index contributed by atoms with van der Waals surface area (Å²) in [5.74, 6) is -0.288. The fourth-order valence-corrected chi connectivity index (χ4v) is 1.89. The van der Waals surface area contributed by atoms with Gasteiger partial charge in [0, 0.05) is 16.7 Å². The van der Waals surface area contributed by atoms with Gasteiger partial charge in [0.15, 0.2) is 0 Å². The molecule has 0 saturated heterocycles. The van der Waals surface area contributed by atoms with Gasteiger partial charge in [0.05, 0.1) is 17.4 Å². The first-order chi connectivity index (χ1) is 8.97. The van der Waals surface area contributed by atoms with Gasteiger partial charge in [-0.25, -0.2) is 0 Å². The second kappa shape index (κ2) is 5.44. The second-order valence-electron chi connectivity index (χ2n) is 4.42. The summed E-state index contributed by atoms with van der Waals surface area (Å²) in [6.45, 7) is 3.96. The quantitative estimate of drug-likeness (QED) is 0.852. The number of aromatic nitrogens is 2. The molecule has 2 rings (SSSR count). The van der Waals surface area contributed by atoms with Crippen LogP contribution in [0.5, 0.6) is 5.75 Å². The first-order valence-electron chi connectivity index (χ1n) is 5.81. The number of carbonyl (C=O) groups is 1. The lowest BCUT2D eigenvalue weighted by atomic mass is 10.2. The Kier molecular flexibility index (Phi) is 3.90. The van der Waals surface area contributed by atoms with Crippen LogP contribution >= 0.6 is 15.9 Å². The zero-order chi connectivity index (χ0) is 14.0. The molecule has 6 heteroatoms. The van der Waals surface area contributed by atoms with Gasteiger partial charge in [0.1, 0.15) is 5.75 Å². The van der Waals surface area contributed by atoms with Crippen LogP contribution in [0, 0.1) is 0 Å². The van der Waals surface area contributed by atoms with Crippen LogP contribution in [0.25, 0.3) is 0 Å². The predicted octanol–water partition coefficient (Wildman–Crippen LogP) is 3.18. The maximum Gasteiger partial charge on any atom is 0.258 e. The number of halogens is 1. The first-order valence-corrected chi connectivity index (χ1v) is 6.60. The van der Waals surface area contributed by atoms with Gasteiger partial charge >= 0.3 is 0 Å². The Balaban J connectivity index is 2.16. The number of rotatable bonds is 3. The van der Waals surface area contributed by atoms with E-state index < -0.39 is 0 Å². The summed E-state index contributed by atoms with van der Waals surface area (Å²) in [5, 5.41) is 16.5. The highest BCUT2D eigenvalue weighted by atomic mass is 79.9. The maximum atomic E-state index is 12.0. The Morgan fingerprint density at radius 2 is 2.21 bits per heavy atom. The predicted molar refractivity (Wildman–Crippen MR) is 76.4 cm³/mol. The Morgan fingerprint density at radius 1 is 1.47 bits per heavy atom. The van der Waals surface area contributed by atoms with E-state index in [1.807, 2.05) is 13.8 Å². The molecule has 19 heavy (non-hydrogen) atoms. The second-order valence-corrected chi connectivity index (χ2v) is 5.33. The molecule has 1 aromatic heterocycles. The molecule has 0 spiro atoms. The first kappa shape index (κ1) is 13.6. The van der Waals surface area contributed by atoms with E-state index in [-0.39, 0.29) is 17.7 Å². The molecule has 1 aromatic carbocycles. The molecule has 0 aliphatic rings. The highest BCUT2D eigenvalue weighted by molar-refractivity contribution is 9.10. The van der Waals surface area contributed by atoms with Crippen LogP contribution in [0.15, 0.2) is 35.1 Å². The number of nitrogens with one attached hydrogen (secondary N) is 1. The molecule has 1 amide bonds. The summed E-state index contributed by atoms with van der Waals surface area (Å²) in [6.07, 6.45) is 3.18. The van der Waals surface area contributed by atoms with Crippen LogP contribution in [-0.4, -0.2) is 20.8 Å². The van der Waals surface area contributed by atoms with E-state index in [4.69, 9.17) is 0 Å². The molecule has 0 aliphatic carbocycles. The zero-order valence-corrected chi connectivity index (χ0v) is 12.2. The van der Waals surface area contributed by atoms with E-state index in [9.17, 15) is 9.90 Å². The van der Waals surface area contributed by atoms with Crippen molar-refractivity contribution in [3.63, 3.8) is 0 Å². The molecule has 0 bridgehead atoms. The molecule has 2 N–H and O–H groups in total. The van der Waals surface area contributed by atoms with E-state index in [1.165, 1.54) is 12.3 Å². The summed E-state index contributed by atoms with van der Waals surface area (Å²) in [7, 11) is 0. The minimum absolute atomic E-state index is 0.0129. The number of phenolic OH excluding ortho intramolecular Hbond substituents is 1. The molecule has 100 valence electrons. The lowest BCUT2D eigenvalue weighted by molar-refractivity contribution is 0.102. The van der Waals surface area contributed by atoms with Gasteiger partial charge in [-0.15, -0.1) is 0 Å². The molecule has 0 aliphatic heterocycles. The van der Waals surface area contributed by atoms with Crippen molar-refractivity contribution in [2.75, 3.05) is 5.32 Å². The standard InChI is InChI=1S/C13H14BrN3O2/c1-8(2)17-7-9(6-15-17)13(19)16-11-4-3-10(14)5-12(11)18/h3-8,18H,1-2H3,(H,16,19). The van der Waals surface area contributed by atoms with Gasteiger partial charge in [0.2, 0.25) is 0 Å². The minimum Gasteiger partial charge on any atom is -0.506 e. The molecule has 2 aromatic rings. The number of anilines is 1. The van der Waals surface area contributed by atoms with Crippen molar-refractivity contribution in [3.05, 3.63) is 40.6 Å². The SMILES string of the molecule is CC(C)n1cc(C(=O)Nc2ccc(Br)cc2O)cn1. The van der Waals surface area contributed by atoms with Crippen molar-refractivity contribution < 1.29 is 9.90 Å². The third kappa shape index (κ3) is 3.14. The number of phenols is 1. The molecule has 0 radical (unpaired) electrons. The topological polar surface area (TPSA) is 67.2 Å².